The molecule has 1 amide bonds. The second kappa shape index (κ2) is 7.26. The number of nitrogens with one attached hydrogen (secondary N) is 1. The van der Waals surface area contributed by atoms with Crippen LogP contribution >= 0.6 is 0 Å². The molecule has 0 spiro atoms. The Bertz CT molecular complexity index is 661. The maximum absolute atomic E-state index is 14.3. The number of aliphatic hydroxyl groups is 1. The van der Waals surface area contributed by atoms with E-state index in [1.54, 1.807) is 20.8 Å². The summed E-state index contributed by atoms with van der Waals surface area (Å²) in [5.74, 6) is -0.411. The second-order valence-electron chi connectivity index (χ2n) is 6.82. The summed E-state index contributed by atoms with van der Waals surface area (Å²) in [6, 6.07) is 0.711. The molecule has 10 heteroatoms. The van der Waals surface area contributed by atoms with Gasteiger partial charge in [0.15, 0.2) is 6.10 Å². The standard InChI is InChI=1S/C16H20F4N2O4/c1-15(2,3)26-14(24)22-11-8-4-5-10(16(18,19)20)21-13(8)25-12(11)9(17)6-7-23/h4-5,9,11-12,23H,6-7H2,1-3H3,(H,22,24)/t9-,11+,12+/m1/s1. The third-order valence-corrected chi connectivity index (χ3v) is 3.53. The van der Waals surface area contributed by atoms with Gasteiger partial charge in [-0.25, -0.2) is 14.2 Å². The Morgan fingerprint density at radius 3 is 2.58 bits per heavy atom. The average molecular weight is 380 g/mol. The van der Waals surface area contributed by atoms with Crippen LogP contribution in [0.5, 0.6) is 5.88 Å². The first-order valence-corrected chi connectivity index (χ1v) is 7.91. The quantitative estimate of drug-likeness (QED) is 0.785. The van der Waals surface area contributed by atoms with Crippen molar-refractivity contribution in [3.63, 3.8) is 0 Å². The van der Waals surface area contributed by atoms with E-state index in [1.807, 2.05) is 0 Å². The Balaban J connectivity index is 2.31. The minimum absolute atomic E-state index is 0.106. The molecule has 1 aromatic rings. The summed E-state index contributed by atoms with van der Waals surface area (Å²) in [5.41, 5.74) is -1.90. The van der Waals surface area contributed by atoms with Crippen LogP contribution in [0.3, 0.4) is 0 Å². The van der Waals surface area contributed by atoms with Crippen LogP contribution in [0.1, 0.15) is 44.5 Å². The molecule has 26 heavy (non-hydrogen) atoms. The highest BCUT2D eigenvalue weighted by Gasteiger charge is 2.44. The predicted octanol–water partition coefficient (Wildman–Crippen LogP) is 3.15. The number of alkyl carbamates (subject to hydrolysis) is 1. The van der Waals surface area contributed by atoms with E-state index in [-0.39, 0.29) is 12.0 Å². The molecule has 0 unspecified atom stereocenters. The molecule has 0 aromatic carbocycles. The summed E-state index contributed by atoms with van der Waals surface area (Å²) >= 11 is 0. The van der Waals surface area contributed by atoms with Crippen LogP contribution < -0.4 is 10.1 Å². The van der Waals surface area contributed by atoms with Gasteiger partial charge in [-0.15, -0.1) is 0 Å². The molecule has 146 valence electrons. The maximum Gasteiger partial charge on any atom is 0.433 e. The zero-order valence-electron chi connectivity index (χ0n) is 14.4. The number of carbonyl (C=O) groups is 1. The number of ether oxygens (including phenoxy) is 2. The van der Waals surface area contributed by atoms with Gasteiger partial charge in [0.25, 0.3) is 0 Å². The number of fused-ring (bicyclic) bond motifs is 1. The van der Waals surface area contributed by atoms with Crippen LogP contribution in [0.25, 0.3) is 0 Å². The van der Waals surface area contributed by atoms with Gasteiger partial charge in [-0.05, 0) is 32.9 Å². The summed E-state index contributed by atoms with van der Waals surface area (Å²) in [7, 11) is 0. The van der Waals surface area contributed by atoms with Crippen molar-refractivity contribution in [1.82, 2.24) is 10.3 Å². The molecule has 0 saturated heterocycles. The topological polar surface area (TPSA) is 80.7 Å². The number of nitrogens with zero attached hydrogens (tertiary/aromatic N) is 1. The second-order valence-corrected chi connectivity index (χ2v) is 6.82. The molecule has 0 saturated carbocycles. The highest BCUT2D eigenvalue weighted by atomic mass is 19.4. The fraction of sp³-hybridized carbons (Fsp3) is 0.625. The SMILES string of the molecule is CC(C)(C)OC(=O)N[C@H]1c2ccc(C(F)(F)F)nc2O[C@H]1[C@H](F)CCO. The summed E-state index contributed by atoms with van der Waals surface area (Å²) in [6.07, 6.45) is -8.94. The van der Waals surface area contributed by atoms with Crippen LogP contribution in [-0.4, -0.2) is 40.7 Å². The minimum Gasteiger partial charge on any atom is -0.468 e. The lowest BCUT2D eigenvalue weighted by atomic mass is 10.00. The van der Waals surface area contributed by atoms with Gasteiger partial charge in [0.05, 0.1) is 0 Å². The van der Waals surface area contributed by atoms with Crippen molar-refractivity contribution in [1.29, 1.82) is 0 Å². The molecule has 0 aliphatic carbocycles. The number of halogens is 4. The predicted molar refractivity (Wildman–Crippen MR) is 82.4 cm³/mol. The molecule has 0 fully saturated rings. The molecule has 3 atom stereocenters. The van der Waals surface area contributed by atoms with Crippen LogP contribution in [0, 0.1) is 0 Å². The van der Waals surface area contributed by atoms with Gasteiger partial charge in [-0.2, -0.15) is 13.2 Å². The van der Waals surface area contributed by atoms with Gasteiger partial charge < -0.3 is 19.9 Å². The number of alkyl halides is 4. The molecule has 2 rings (SSSR count). The Kier molecular flexibility index (Phi) is 5.64. The van der Waals surface area contributed by atoms with Crippen molar-refractivity contribution in [3.8, 4) is 5.88 Å². The lowest BCUT2D eigenvalue weighted by molar-refractivity contribution is -0.141. The summed E-state index contributed by atoms with van der Waals surface area (Å²) < 4.78 is 63.1. The Morgan fingerprint density at radius 1 is 1.38 bits per heavy atom. The number of hydrogen-bond acceptors (Lipinski definition) is 5. The summed E-state index contributed by atoms with van der Waals surface area (Å²) in [6.45, 7) is 4.40. The van der Waals surface area contributed by atoms with Crippen molar-refractivity contribution in [2.45, 2.75) is 57.3 Å². The van der Waals surface area contributed by atoms with Crippen LogP contribution in [-0.2, 0) is 10.9 Å². The molecule has 1 aliphatic heterocycles. The van der Waals surface area contributed by atoms with E-state index in [0.29, 0.717) is 0 Å². The Hall–Kier alpha value is -2.10. The summed E-state index contributed by atoms with van der Waals surface area (Å²) in [4.78, 5) is 15.4. The first-order chi connectivity index (χ1) is 11.9. The monoisotopic (exact) mass is 380 g/mol. The fourth-order valence-corrected chi connectivity index (χ4v) is 2.48. The molecular weight excluding hydrogens is 360 g/mol. The van der Waals surface area contributed by atoms with E-state index in [1.165, 1.54) is 0 Å². The number of hydrogen-bond donors (Lipinski definition) is 2. The van der Waals surface area contributed by atoms with Crippen molar-refractivity contribution in [3.05, 3.63) is 23.4 Å². The Morgan fingerprint density at radius 2 is 2.04 bits per heavy atom. The highest BCUT2D eigenvalue weighted by molar-refractivity contribution is 5.69. The number of pyridine rings is 1. The summed E-state index contributed by atoms with van der Waals surface area (Å²) in [5, 5.41) is 11.3. The van der Waals surface area contributed by atoms with Crippen molar-refractivity contribution in [2.75, 3.05) is 6.61 Å². The van der Waals surface area contributed by atoms with E-state index < -0.39 is 54.4 Å². The van der Waals surface area contributed by atoms with E-state index in [2.05, 4.69) is 10.3 Å². The normalized spacial score (nSPS) is 20.9. The first kappa shape index (κ1) is 20.2. The van der Waals surface area contributed by atoms with E-state index in [0.717, 1.165) is 12.1 Å². The number of carbonyl (C=O) groups excluding carboxylic acids is 1. The highest BCUT2D eigenvalue weighted by Crippen LogP contribution is 2.40. The van der Waals surface area contributed by atoms with Crippen molar-refractivity contribution in [2.24, 2.45) is 0 Å². The lowest BCUT2D eigenvalue weighted by Gasteiger charge is -2.25. The maximum atomic E-state index is 14.3. The molecule has 1 aromatic heterocycles. The molecule has 2 N–H and O–H groups in total. The van der Waals surface area contributed by atoms with Crippen LogP contribution in [0.15, 0.2) is 12.1 Å². The van der Waals surface area contributed by atoms with Crippen LogP contribution in [0.2, 0.25) is 0 Å². The molecular formula is C16H20F4N2O4. The molecule has 0 bridgehead atoms. The first-order valence-electron chi connectivity index (χ1n) is 7.91. The van der Waals surface area contributed by atoms with Gasteiger partial charge in [0, 0.05) is 18.6 Å². The number of aromatic nitrogens is 1. The average Bonchev–Trinajstić information content (AvgIpc) is 2.82. The zero-order valence-corrected chi connectivity index (χ0v) is 14.4. The number of rotatable bonds is 4. The van der Waals surface area contributed by atoms with Crippen molar-refractivity contribution < 1.29 is 36.9 Å². The number of aliphatic hydroxyl groups excluding tert-OH is 1. The number of amides is 1. The van der Waals surface area contributed by atoms with Gasteiger partial charge in [-0.3, -0.25) is 0 Å². The molecule has 0 radical (unpaired) electrons. The van der Waals surface area contributed by atoms with E-state index in [9.17, 15) is 22.4 Å². The van der Waals surface area contributed by atoms with E-state index >= 15 is 0 Å². The van der Waals surface area contributed by atoms with Gasteiger partial charge in [-0.1, -0.05) is 0 Å². The van der Waals surface area contributed by atoms with Crippen LogP contribution in [0.4, 0.5) is 22.4 Å². The largest absolute Gasteiger partial charge is 0.468 e. The van der Waals surface area contributed by atoms with Gasteiger partial charge in [0.2, 0.25) is 5.88 Å². The van der Waals surface area contributed by atoms with Gasteiger partial charge >= 0.3 is 12.3 Å². The molecule has 2 heterocycles. The fourth-order valence-electron chi connectivity index (χ4n) is 2.48. The zero-order chi connectivity index (χ0) is 19.7. The van der Waals surface area contributed by atoms with Gasteiger partial charge in [0.1, 0.15) is 23.5 Å². The Labute approximate surface area is 147 Å². The molecule has 6 nitrogen and oxygen atoms in total. The third kappa shape index (κ3) is 4.75. The minimum atomic E-state index is -4.69. The van der Waals surface area contributed by atoms with Crippen molar-refractivity contribution >= 4 is 6.09 Å². The van der Waals surface area contributed by atoms with E-state index in [4.69, 9.17) is 14.6 Å². The third-order valence-electron chi connectivity index (χ3n) is 3.53. The lowest BCUT2D eigenvalue weighted by Crippen LogP contribution is -2.42. The molecule has 1 aliphatic rings. The smallest absolute Gasteiger partial charge is 0.433 e.